The predicted molar refractivity (Wildman–Crippen MR) is 32.8 cm³/mol. The maximum absolute atomic E-state index is 5.13. The molecule has 0 amide bonds. The molecule has 0 heterocycles. The highest BCUT2D eigenvalue weighted by Crippen LogP contribution is 2.12. The molecule has 42 valence electrons. The van der Waals surface area contributed by atoms with Crippen molar-refractivity contribution in [2.24, 2.45) is 11.1 Å². The van der Waals surface area contributed by atoms with E-state index in [1.807, 2.05) is 6.08 Å². The molecule has 0 rings (SSSR count). The maximum atomic E-state index is 5.13. The largest absolute Gasteiger partial charge is 0.405 e. The molecule has 2 N–H and O–H groups in total. The van der Waals surface area contributed by atoms with E-state index in [-0.39, 0.29) is 5.41 Å². The molecule has 0 saturated heterocycles. The standard InChI is InChI=1S/C6H13N/c1-6(2,3)4-5-7/h4-5H,7H2,1-3H3. The fourth-order valence-corrected chi connectivity index (χ4v) is 0.289. The van der Waals surface area contributed by atoms with Gasteiger partial charge >= 0.3 is 0 Å². The molecule has 0 aliphatic heterocycles. The Morgan fingerprint density at radius 1 is 1.29 bits per heavy atom. The molecule has 0 unspecified atom stereocenters. The van der Waals surface area contributed by atoms with E-state index >= 15 is 0 Å². The van der Waals surface area contributed by atoms with E-state index in [2.05, 4.69) is 20.8 Å². The molecule has 7 heavy (non-hydrogen) atoms. The fraction of sp³-hybridized carbons (Fsp3) is 0.667. The lowest BCUT2D eigenvalue weighted by Crippen LogP contribution is -1.99. The highest BCUT2D eigenvalue weighted by molar-refractivity contribution is 4.88. The van der Waals surface area contributed by atoms with Gasteiger partial charge in [0.15, 0.2) is 0 Å². The summed E-state index contributed by atoms with van der Waals surface area (Å²) in [6, 6.07) is 0. The van der Waals surface area contributed by atoms with E-state index in [1.54, 1.807) is 6.20 Å². The number of allylic oxidation sites excluding steroid dienone is 1. The Bertz CT molecular complexity index is 66.7. The van der Waals surface area contributed by atoms with E-state index in [9.17, 15) is 0 Å². The van der Waals surface area contributed by atoms with Gasteiger partial charge in [-0.1, -0.05) is 26.8 Å². The van der Waals surface area contributed by atoms with Crippen LogP contribution in [-0.4, -0.2) is 0 Å². The number of hydrogen-bond acceptors (Lipinski definition) is 1. The van der Waals surface area contributed by atoms with Crippen molar-refractivity contribution in [1.29, 1.82) is 0 Å². The monoisotopic (exact) mass is 99.1 g/mol. The van der Waals surface area contributed by atoms with Crippen LogP contribution in [0.4, 0.5) is 0 Å². The molecular formula is C6H13N. The summed E-state index contributed by atoms with van der Waals surface area (Å²) < 4.78 is 0. The Morgan fingerprint density at radius 2 is 1.71 bits per heavy atom. The summed E-state index contributed by atoms with van der Waals surface area (Å²) in [5.74, 6) is 0. The van der Waals surface area contributed by atoms with E-state index in [0.717, 1.165) is 0 Å². The van der Waals surface area contributed by atoms with Crippen LogP contribution in [0.3, 0.4) is 0 Å². The molecule has 0 aromatic carbocycles. The highest BCUT2D eigenvalue weighted by atomic mass is 14.5. The SMILES string of the molecule is CC(C)(C)C=CN. The smallest absolute Gasteiger partial charge is 0.00977 e. The normalized spacial score (nSPS) is 13.0. The minimum Gasteiger partial charge on any atom is -0.405 e. The summed E-state index contributed by atoms with van der Waals surface area (Å²) >= 11 is 0. The molecule has 0 aliphatic carbocycles. The minimum atomic E-state index is 0.245. The van der Waals surface area contributed by atoms with Crippen LogP contribution in [-0.2, 0) is 0 Å². The third kappa shape index (κ3) is 5.54. The second kappa shape index (κ2) is 2.01. The summed E-state index contributed by atoms with van der Waals surface area (Å²) in [6.07, 6.45) is 3.55. The number of rotatable bonds is 0. The van der Waals surface area contributed by atoms with E-state index in [1.165, 1.54) is 0 Å². The summed E-state index contributed by atoms with van der Waals surface area (Å²) in [5, 5.41) is 0. The van der Waals surface area contributed by atoms with E-state index in [0.29, 0.717) is 0 Å². The Labute approximate surface area is 45.2 Å². The van der Waals surface area contributed by atoms with Crippen LogP contribution in [0.25, 0.3) is 0 Å². The molecular weight excluding hydrogens is 86.1 g/mol. The second-order valence-corrected chi connectivity index (χ2v) is 2.73. The van der Waals surface area contributed by atoms with Crippen molar-refractivity contribution in [1.82, 2.24) is 0 Å². The molecule has 0 radical (unpaired) electrons. The summed E-state index contributed by atoms with van der Waals surface area (Å²) in [6.45, 7) is 6.32. The van der Waals surface area contributed by atoms with Gasteiger partial charge < -0.3 is 5.73 Å². The van der Waals surface area contributed by atoms with Gasteiger partial charge in [0.1, 0.15) is 0 Å². The lowest BCUT2D eigenvalue weighted by Gasteiger charge is -2.09. The van der Waals surface area contributed by atoms with Crippen molar-refractivity contribution < 1.29 is 0 Å². The average Bonchev–Trinajstić information content (AvgIpc) is 1.30. The first-order valence-corrected chi connectivity index (χ1v) is 2.46. The van der Waals surface area contributed by atoms with Crippen LogP contribution in [0.5, 0.6) is 0 Å². The first-order chi connectivity index (χ1) is 3.06. The van der Waals surface area contributed by atoms with Crippen molar-refractivity contribution >= 4 is 0 Å². The van der Waals surface area contributed by atoms with Gasteiger partial charge in [-0.25, -0.2) is 0 Å². The van der Waals surface area contributed by atoms with Crippen molar-refractivity contribution in [3.8, 4) is 0 Å². The van der Waals surface area contributed by atoms with Gasteiger partial charge in [0.25, 0.3) is 0 Å². The molecule has 0 aromatic rings. The van der Waals surface area contributed by atoms with Crippen LogP contribution in [0.15, 0.2) is 12.3 Å². The minimum absolute atomic E-state index is 0.245. The first-order valence-electron chi connectivity index (χ1n) is 2.46. The Balaban J connectivity index is 3.56. The van der Waals surface area contributed by atoms with Gasteiger partial charge in [0, 0.05) is 0 Å². The molecule has 0 spiro atoms. The Hall–Kier alpha value is -0.460. The Morgan fingerprint density at radius 3 is 1.71 bits per heavy atom. The topological polar surface area (TPSA) is 26.0 Å². The van der Waals surface area contributed by atoms with Gasteiger partial charge in [-0.2, -0.15) is 0 Å². The predicted octanol–water partition coefficient (Wildman–Crippen LogP) is 1.50. The number of hydrogen-bond donors (Lipinski definition) is 1. The van der Waals surface area contributed by atoms with Crippen molar-refractivity contribution in [2.45, 2.75) is 20.8 Å². The highest BCUT2D eigenvalue weighted by Gasteiger charge is 2.01. The zero-order valence-electron chi connectivity index (χ0n) is 5.23. The van der Waals surface area contributed by atoms with Gasteiger partial charge in [0.05, 0.1) is 0 Å². The van der Waals surface area contributed by atoms with Crippen LogP contribution < -0.4 is 5.73 Å². The first kappa shape index (κ1) is 6.54. The summed E-state index contributed by atoms with van der Waals surface area (Å²) in [4.78, 5) is 0. The van der Waals surface area contributed by atoms with Crippen LogP contribution in [0.1, 0.15) is 20.8 Å². The molecule has 0 aromatic heterocycles. The quantitative estimate of drug-likeness (QED) is 0.489. The van der Waals surface area contributed by atoms with E-state index < -0.39 is 0 Å². The lowest BCUT2D eigenvalue weighted by atomic mass is 9.97. The van der Waals surface area contributed by atoms with Gasteiger partial charge in [0.2, 0.25) is 0 Å². The van der Waals surface area contributed by atoms with Crippen LogP contribution >= 0.6 is 0 Å². The second-order valence-electron chi connectivity index (χ2n) is 2.73. The fourth-order valence-electron chi connectivity index (χ4n) is 0.289. The molecule has 0 atom stereocenters. The number of nitrogens with two attached hydrogens (primary N) is 1. The van der Waals surface area contributed by atoms with Crippen molar-refractivity contribution in [3.63, 3.8) is 0 Å². The molecule has 0 aliphatic rings. The molecule has 1 nitrogen and oxygen atoms in total. The van der Waals surface area contributed by atoms with Crippen LogP contribution in [0.2, 0.25) is 0 Å². The summed E-state index contributed by atoms with van der Waals surface area (Å²) in [7, 11) is 0. The summed E-state index contributed by atoms with van der Waals surface area (Å²) in [5.41, 5.74) is 5.38. The average molecular weight is 99.2 g/mol. The zero-order chi connectivity index (χ0) is 5.91. The molecule has 0 fully saturated rings. The maximum Gasteiger partial charge on any atom is -0.00977 e. The van der Waals surface area contributed by atoms with Gasteiger partial charge in [-0.05, 0) is 11.6 Å². The lowest BCUT2D eigenvalue weighted by molar-refractivity contribution is 0.543. The molecule has 0 saturated carbocycles. The molecule has 0 bridgehead atoms. The van der Waals surface area contributed by atoms with Gasteiger partial charge in [-0.15, -0.1) is 0 Å². The van der Waals surface area contributed by atoms with E-state index in [4.69, 9.17) is 5.73 Å². The Kier molecular flexibility index (Phi) is 1.88. The van der Waals surface area contributed by atoms with Crippen molar-refractivity contribution in [2.75, 3.05) is 0 Å². The third-order valence-corrected chi connectivity index (χ3v) is 0.596. The van der Waals surface area contributed by atoms with Gasteiger partial charge in [-0.3, -0.25) is 0 Å². The van der Waals surface area contributed by atoms with Crippen LogP contribution in [0, 0.1) is 5.41 Å². The third-order valence-electron chi connectivity index (χ3n) is 0.596. The van der Waals surface area contributed by atoms with Crippen molar-refractivity contribution in [3.05, 3.63) is 12.3 Å². The molecule has 1 heteroatoms. The zero-order valence-corrected chi connectivity index (χ0v) is 5.23.